The van der Waals surface area contributed by atoms with E-state index in [2.05, 4.69) is 9.71 Å². The molecule has 0 atom stereocenters. The maximum absolute atomic E-state index is 13.3. The zero-order chi connectivity index (χ0) is 25.2. The average Bonchev–Trinajstić information content (AvgIpc) is 2.85. The molecule has 1 saturated heterocycles. The number of hydrogen-bond acceptors (Lipinski definition) is 7. The molecule has 0 bridgehead atoms. The molecule has 0 aliphatic carbocycles. The van der Waals surface area contributed by atoms with Crippen molar-refractivity contribution in [3.05, 3.63) is 87.6 Å². The third kappa shape index (κ3) is 5.24. The van der Waals surface area contributed by atoms with Crippen molar-refractivity contribution in [3.63, 3.8) is 0 Å². The van der Waals surface area contributed by atoms with Gasteiger partial charge in [-0.25, -0.2) is 13.4 Å². The average molecular weight is 496 g/mol. The van der Waals surface area contributed by atoms with Gasteiger partial charge in [-0.15, -0.1) is 0 Å². The lowest BCUT2D eigenvalue weighted by Gasteiger charge is -2.35. The molecule has 3 aromatic rings. The number of anilines is 2. The molecule has 1 aliphatic rings. The number of amides is 1. The van der Waals surface area contributed by atoms with Gasteiger partial charge in [0.2, 0.25) is 0 Å². The number of pyridine rings is 1. The number of carbonyl (C=O) groups is 1. The highest BCUT2D eigenvalue weighted by molar-refractivity contribution is 7.92. The topological polar surface area (TPSA) is 126 Å². The molecule has 0 saturated carbocycles. The maximum atomic E-state index is 13.3. The summed E-state index contributed by atoms with van der Waals surface area (Å²) in [6, 6.07) is 14.7. The number of sulfonamides is 1. The van der Waals surface area contributed by atoms with Crippen molar-refractivity contribution < 1.29 is 18.1 Å². The van der Waals surface area contributed by atoms with Gasteiger partial charge in [-0.05, 0) is 49.2 Å². The Kier molecular flexibility index (Phi) is 6.70. The number of para-hydroxylation sites is 1. The zero-order valence-corrected chi connectivity index (χ0v) is 20.2. The molecule has 2 heterocycles. The second kappa shape index (κ2) is 9.71. The van der Waals surface area contributed by atoms with Crippen LogP contribution in [-0.4, -0.2) is 55.3 Å². The Labute approximate surface area is 203 Å². The van der Waals surface area contributed by atoms with Gasteiger partial charge in [0.25, 0.3) is 21.6 Å². The number of nitro groups is 1. The Morgan fingerprint density at radius 3 is 2.40 bits per heavy atom. The summed E-state index contributed by atoms with van der Waals surface area (Å²) in [5, 5.41) is 10.8. The van der Waals surface area contributed by atoms with Crippen LogP contribution in [0.4, 0.5) is 17.2 Å². The molecule has 2 aromatic carbocycles. The monoisotopic (exact) mass is 495 g/mol. The van der Waals surface area contributed by atoms with Crippen molar-refractivity contribution in [2.24, 2.45) is 0 Å². The van der Waals surface area contributed by atoms with Gasteiger partial charge in [0, 0.05) is 32.2 Å². The van der Waals surface area contributed by atoms with Crippen LogP contribution >= 0.6 is 0 Å². The van der Waals surface area contributed by atoms with E-state index in [-0.39, 0.29) is 27.7 Å². The van der Waals surface area contributed by atoms with Gasteiger partial charge >= 0.3 is 0 Å². The molecule has 0 unspecified atom stereocenters. The summed E-state index contributed by atoms with van der Waals surface area (Å²) < 4.78 is 28.8. The van der Waals surface area contributed by atoms with E-state index in [1.54, 1.807) is 54.3 Å². The Bertz CT molecular complexity index is 1370. The minimum Gasteiger partial charge on any atom is -0.353 e. The van der Waals surface area contributed by atoms with E-state index in [4.69, 9.17) is 0 Å². The number of hydrogen-bond donors (Lipinski definition) is 1. The predicted molar refractivity (Wildman–Crippen MR) is 132 cm³/mol. The first-order chi connectivity index (χ1) is 16.7. The van der Waals surface area contributed by atoms with Crippen molar-refractivity contribution in [2.75, 3.05) is 35.8 Å². The number of benzene rings is 2. The van der Waals surface area contributed by atoms with Crippen molar-refractivity contribution in [3.8, 4) is 0 Å². The van der Waals surface area contributed by atoms with Gasteiger partial charge in [-0.2, -0.15) is 0 Å². The number of aromatic nitrogens is 1. The highest BCUT2D eigenvalue weighted by Gasteiger charge is 2.26. The number of carbonyl (C=O) groups excluding carboxylic acids is 1. The van der Waals surface area contributed by atoms with Gasteiger partial charge in [0.15, 0.2) is 0 Å². The first-order valence-corrected chi connectivity index (χ1v) is 12.5. The predicted octanol–water partition coefficient (Wildman–Crippen LogP) is 3.37. The van der Waals surface area contributed by atoms with Crippen LogP contribution in [0.3, 0.4) is 0 Å². The van der Waals surface area contributed by atoms with Crippen molar-refractivity contribution in [2.45, 2.75) is 18.7 Å². The summed E-state index contributed by atoms with van der Waals surface area (Å²) in [6.45, 7) is 5.33. The van der Waals surface area contributed by atoms with Crippen LogP contribution in [0.5, 0.6) is 0 Å². The molecule has 10 nitrogen and oxygen atoms in total. The first kappa shape index (κ1) is 24.1. The molecular formula is C24H25N5O5S. The van der Waals surface area contributed by atoms with E-state index < -0.39 is 14.9 Å². The van der Waals surface area contributed by atoms with E-state index in [0.717, 1.165) is 5.56 Å². The highest BCUT2D eigenvalue weighted by atomic mass is 32.2. The Hall–Kier alpha value is -3.99. The molecule has 182 valence electrons. The Morgan fingerprint density at radius 1 is 1.03 bits per heavy atom. The van der Waals surface area contributed by atoms with E-state index in [1.807, 2.05) is 17.9 Å². The normalized spacial score (nSPS) is 14.0. The van der Waals surface area contributed by atoms with E-state index in [0.29, 0.717) is 37.6 Å². The Balaban J connectivity index is 1.48. The lowest BCUT2D eigenvalue weighted by molar-refractivity contribution is -0.385. The lowest BCUT2D eigenvalue weighted by Crippen LogP contribution is -2.49. The summed E-state index contributed by atoms with van der Waals surface area (Å²) in [7, 11) is -3.89. The minimum atomic E-state index is -3.89. The van der Waals surface area contributed by atoms with Crippen LogP contribution in [0.1, 0.15) is 21.5 Å². The summed E-state index contributed by atoms with van der Waals surface area (Å²) in [4.78, 5) is 31.6. The molecule has 0 spiro atoms. The standard InChI is InChI=1S/C24H25N5O5S/c1-17-7-8-18(2)22(15-17)35(33,34)26-21-6-4-3-5-20(21)24(30)28-13-11-27(12-14-28)23-10-9-19(16-25-23)29(31)32/h3-10,15-16,26H,11-14H2,1-2H3. The smallest absolute Gasteiger partial charge is 0.287 e. The summed E-state index contributed by atoms with van der Waals surface area (Å²) in [5.74, 6) is 0.324. The molecular weight excluding hydrogens is 470 g/mol. The third-order valence-corrected chi connectivity index (χ3v) is 7.38. The van der Waals surface area contributed by atoms with Crippen molar-refractivity contribution in [1.82, 2.24) is 9.88 Å². The van der Waals surface area contributed by atoms with E-state index in [9.17, 15) is 23.3 Å². The van der Waals surface area contributed by atoms with Gasteiger partial charge in [0.05, 0.1) is 21.1 Å². The summed E-state index contributed by atoms with van der Waals surface area (Å²) in [6.07, 6.45) is 1.21. The van der Waals surface area contributed by atoms with Gasteiger partial charge in [-0.3, -0.25) is 19.6 Å². The number of aryl methyl sites for hydroxylation is 2. The van der Waals surface area contributed by atoms with Crippen LogP contribution < -0.4 is 9.62 Å². The summed E-state index contributed by atoms with van der Waals surface area (Å²) >= 11 is 0. The van der Waals surface area contributed by atoms with Crippen LogP contribution in [0, 0.1) is 24.0 Å². The van der Waals surface area contributed by atoms with E-state index >= 15 is 0 Å². The van der Waals surface area contributed by atoms with E-state index in [1.165, 1.54) is 12.3 Å². The first-order valence-electron chi connectivity index (χ1n) is 11.0. The number of nitrogens with zero attached hydrogens (tertiary/aromatic N) is 4. The van der Waals surface area contributed by atoms with Crippen molar-refractivity contribution >= 4 is 33.1 Å². The van der Waals surface area contributed by atoms with Gasteiger partial charge in [-0.1, -0.05) is 24.3 Å². The highest BCUT2D eigenvalue weighted by Crippen LogP contribution is 2.25. The Morgan fingerprint density at radius 2 is 1.74 bits per heavy atom. The van der Waals surface area contributed by atoms with Crippen LogP contribution in [-0.2, 0) is 10.0 Å². The molecule has 1 fully saturated rings. The summed E-state index contributed by atoms with van der Waals surface area (Å²) in [5.41, 5.74) is 1.84. The van der Waals surface area contributed by atoms with Gasteiger partial charge < -0.3 is 9.80 Å². The molecule has 11 heteroatoms. The molecule has 35 heavy (non-hydrogen) atoms. The molecule has 1 amide bonds. The van der Waals surface area contributed by atoms with Crippen LogP contribution in [0.15, 0.2) is 65.7 Å². The zero-order valence-electron chi connectivity index (χ0n) is 19.3. The molecule has 0 radical (unpaired) electrons. The molecule has 1 N–H and O–H groups in total. The van der Waals surface area contributed by atoms with Gasteiger partial charge in [0.1, 0.15) is 12.0 Å². The minimum absolute atomic E-state index is 0.0810. The largest absolute Gasteiger partial charge is 0.353 e. The second-order valence-corrected chi connectivity index (χ2v) is 9.98. The quantitative estimate of drug-likeness (QED) is 0.410. The van der Waals surface area contributed by atoms with Crippen LogP contribution in [0.2, 0.25) is 0 Å². The number of nitrogens with one attached hydrogen (secondary N) is 1. The fourth-order valence-electron chi connectivity index (χ4n) is 3.94. The molecule has 4 rings (SSSR count). The molecule has 1 aliphatic heterocycles. The third-order valence-electron chi connectivity index (χ3n) is 5.87. The maximum Gasteiger partial charge on any atom is 0.287 e. The second-order valence-electron chi connectivity index (χ2n) is 8.33. The SMILES string of the molecule is Cc1ccc(C)c(S(=O)(=O)Nc2ccccc2C(=O)N2CCN(c3ccc([N+](=O)[O-])cn3)CC2)c1. The number of rotatable bonds is 6. The fraction of sp³-hybridized carbons (Fsp3) is 0.250. The van der Waals surface area contributed by atoms with Crippen molar-refractivity contribution in [1.29, 1.82) is 0 Å². The van der Waals surface area contributed by atoms with Crippen LogP contribution in [0.25, 0.3) is 0 Å². The lowest BCUT2D eigenvalue weighted by atomic mass is 10.1. The fourth-order valence-corrected chi connectivity index (χ4v) is 5.35. The number of piperazine rings is 1. The molecule has 1 aromatic heterocycles.